The molecule has 3 aromatic carbocycles. The van der Waals surface area contributed by atoms with E-state index >= 15 is 0 Å². The monoisotopic (exact) mass is 693 g/mol. The minimum Gasteiger partial charge on any atom is -0.455 e. The first kappa shape index (κ1) is 32.5. The molecule has 2 saturated heterocycles. The second kappa shape index (κ2) is 12.8. The Balaban J connectivity index is 1.28. The van der Waals surface area contributed by atoms with Gasteiger partial charge in [0.1, 0.15) is 23.7 Å². The highest BCUT2D eigenvalue weighted by molar-refractivity contribution is 7.92. The Morgan fingerprint density at radius 3 is 2.35 bits per heavy atom. The maximum absolute atomic E-state index is 14.0. The number of benzene rings is 3. The molecule has 0 radical (unpaired) electrons. The van der Waals surface area contributed by atoms with Crippen LogP contribution in [0.1, 0.15) is 10.4 Å². The lowest BCUT2D eigenvalue weighted by Crippen LogP contribution is -2.55. The van der Waals surface area contributed by atoms with E-state index in [1.165, 1.54) is 24.3 Å². The predicted molar refractivity (Wildman–Crippen MR) is 181 cm³/mol. The molecule has 5 aromatic rings. The van der Waals surface area contributed by atoms with Crippen molar-refractivity contribution in [3.63, 3.8) is 0 Å². The van der Waals surface area contributed by atoms with Crippen molar-refractivity contribution in [1.29, 1.82) is 0 Å². The molecule has 1 N–H and O–H groups in total. The van der Waals surface area contributed by atoms with Crippen LogP contribution in [0.25, 0.3) is 44.0 Å². The van der Waals surface area contributed by atoms with Gasteiger partial charge < -0.3 is 28.8 Å². The van der Waals surface area contributed by atoms with E-state index in [9.17, 15) is 31.6 Å². The number of nitrogens with zero attached hydrogens (tertiary/aromatic N) is 4. The SMILES string of the molecule is CS(=O)(=O)N(CCF)c1cc2oc3c4ccc(F)cc4[nH]c(=O)c3c2cc1-c1cccc(C(=O)N2CCN(C(=O)N3CCOCC3)CC2)c1. The average Bonchev–Trinajstić information content (AvgIpc) is 3.48. The lowest BCUT2D eigenvalue weighted by atomic mass is 9.98. The van der Waals surface area contributed by atoms with Crippen LogP contribution in [-0.2, 0) is 14.8 Å². The number of aromatic nitrogens is 1. The number of anilines is 1. The molecule has 0 aliphatic carbocycles. The third-order valence-electron chi connectivity index (χ3n) is 9.00. The van der Waals surface area contributed by atoms with Crippen molar-refractivity contribution < 1.29 is 35.9 Å². The Morgan fingerprint density at radius 2 is 1.63 bits per heavy atom. The fraction of sp³-hybridized carbons (Fsp3) is 0.324. The first-order chi connectivity index (χ1) is 23.5. The third kappa shape index (κ3) is 6.08. The van der Waals surface area contributed by atoms with Crippen molar-refractivity contribution in [2.45, 2.75) is 0 Å². The number of sulfonamides is 1. The molecule has 3 amide bonds. The van der Waals surface area contributed by atoms with E-state index < -0.39 is 34.6 Å². The number of pyridine rings is 1. The summed E-state index contributed by atoms with van der Waals surface area (Å²) in [5.74, 6) is -0.813. The fourth-order valence-electron chi connectivity index (χ4n) is 6.59. The van der Waals surface area contributed by atoms with E-state index in [0.717, 1.165) is 10.6 Å². The van der Waals surface area contributed by atoms with Crippen LogP contribution >= 0.6 is 0 Å². The van der Waals surface area contributed by atoms with Crippen LogP contribution in [0.4, 0.5) is 19.3 Å². The number of carbonyl (C=O) groups is 2. The number of morpholine rings is 1. The van der Waals surface area contributed by atoms with Gasteiger partial charge in [-0.25, -0.2) is 22.0 Å². The Kier molecular flexibility index (Phi) is 8.48. The standard InChI is InChI=1S/C34H33F2N5O7S/c1-49(45,46)41(8-7-35)28-20-29-26(30-31(48-29)24-6-5-23(36)18-27(24)37-32(30)42)19-25(28)21-3-2-4-22(17-21)33(43)38-9-11-39(12-10-38)34(44)40-13-15-47-16-14-40/h2-6,17-20H,7-16H2,1H3,(H,37,42). The molecular weight excluding hydrogens is 660 g/mol. The number of aromatic amines is 1. The van der Waals surface area contributed by atoms with Crippen molar-refractivity contribution in [3.05, 3.63) is 76.3 Å². The number of rotatable bonds is 6. The van der Waals surface area contributed by atoms with Crippen molar-refractivity contribution >= 4 is 60.5 Å². The van der Waals surface area contributed by atoms with Gasteiger partial charge in [0.15, 0.2) is 0 Å². The molecule has 2 aliphatic heterocycles. The van der Waals surface area contributed by atoms with Crippen molar-refractivity contribution in [1.82, 2.24) is 19.7 Å². The minimum absolute atomic E-state index is 0.0743. The van der Waals surface area contributed by atoms with Crippen molar-refractivity contribution in [3.8, 4) is 11.1 Å². The molecular formula is C34H33F2N5O7S. The first-order valence-electron chi connectivity index (χ1n) is 15.8. The van der Waals surface area contributed by atoms with Crippen LogP contribution in [0.15, 0.2) is 63.8 Å². The Morgan fingerprint density at radius 1 is 0.918 bits per heavy atom. The first-order valence-corrected chi connectivity index (χ1v) is 17.6. The maximum Gasteiger partial charge on any atom is 0.320 e. The van der Waals surface area contributed by atoms with Crippen LogP contribution in [0.5, 0.6) is 0 Å². The second-order valence-corrected chi connectivity index (χ2v) is 14.0. The van der Waals surface area contributed by atoms with Crippen LogP contribution in [0.3, 0.4) is 0 Å². The zero-order valence-corrected chi connectivity index (χ0v) is 27.4. The molecule has 0 bridgehead atoms. The smallest absolute Gasteiger partial charge is 0.320 e. The highest BCUT2D eigenvalue weighted by atomic mass is 32.2. The number of alkyl halides is 1. The van der Waals surface area contributed by atoms with Gasteiger partial charge in [-0.05, 0) is 42.0 Å². The number of furan rings is 1. The number of H-pyrrole nitrogens is 1. The molecule has 2 fully saturated rings. The van der Waals surface area contributed by atoms with Crippen LogP contribution < -0.4 is 9.86 Å². The number of fused-ring (bicyclic) bond motifs is 5. The van der Waals surface area contributed by atoms with E-state index in [0.29, 0.717) is 79.9 Å². The zero-order valence-electron chi connectivity index (χ0n) is 26.6. The molecule has 0 spiro atoms. The van der Waals surface area contributed by atoms with E-state index in [2.05, 4.69) is 4.98 Å². The topological polar surface area (TPSA) is 136 Å². The quantitative estimate of drug-likeness (QED) is 0.282. The summed E-state index contributed by atoms with van der Waals surface area (Å²) >= 11 is 0. The number of urea groups is 1. The number of ether oxygens (including phenoxy) is 1. The number of hydrogen-bond donors (Lipinski definition) is 1. The molecule has 0 atom stereocenters. The lowest BCUT2D eigenvalue weighted by molar-refractivity contribution is 0.0362. The van der Waals surface area contributed by atoms with Gasteiger partial charge in [0, 0.05) is 67.2 Å². The average molecular weight is 694 g/mol. The molecule has 4 heterocycles. The van der Waals surface area contributed by atoms with Crippen LogP contribution in [-0.4, -0.2) is 112 Å². The number of amides is 3. The second-order valence-electron chi connectivity index (χ2n) is 12.1. The third-order valence-corrected chi connectivity index (χ3v) is 10.2. The molecule has 12 nitrogen and oxygen atoms in total. The van der Waals surface area contributed by atoms with E-state index in [1.807, 2.05) is 0 Å². The summed E-state index contributed by atoms with van der Waals surface area (Å²) in [7, 11) is -4.00. The Bertz CT molecular complexity index is 2280. The highest BCUT2D eigenvalue weighted by Crippen LogP contribution is 2.40. The summed E-state index contributed by atoms with van der Waals surface area (Å²) in [6, 6.07) is 13.5. The van der Waals surface area contributed by atoms with E-state index in [1.54, 1.807) is 45.0 Å². The number of hydrogen-bond acceptors (Lipinski definition) is 7. The van der Waals surface area contributed by atoms with Gasteiger partial charge in [-0.3, -0.25) is 13.9 Å². The summed E-state index contributed by atoms with van der Waals surface area (Å²) < 4.78 is 66.1. The largest absolute Gasteiger partial charge is 0.455 e. The summed E-state index contributed by atoms with van der Waals surface area (Å²) in [6.45, 7) is 2.00. The number of halogens is 2. The number of nitrogens with one attached hydrogen (secondary N) is 1. The zero-order chi connectivity index (χ0) is 34.4. The summed E-state index contributed by atoms with van der Waals surface area (Å²) in [5.41, 5.74) is 1.24. The summed E-state index contributed by atoms with van der Waals surface area (Å²) in [5, 5.41) is 0.973. The maximum atomic E-state index is 14.0. The normalized spacial score (nSPS) is 15.8. The van der Waals surface area contributed by atoms with Gasteiger partial charge in [-0.2, -0.15) is 0 Å². The summed E-state index contributed by atoms with van der Waals surface area (Å²) in [4.78, 5) is 47.8. The van der Waals surface area contributed by atoms with Crippen molar-refractivity contribution in [2.75, 3.05) is 76.3 Å². The molecule has 2 aliphatic rings. The Labute approximate surface area is 279 Å². The van der Waals surface area contributed by atoms with E-state index in [-0.39, 0.29) is 39.7 Å². The summed E-state index contributed by atoms with van der Waals surface area (Å²) in [6.07, 6.45) is 0.964. The molecule has 7 rings (SSSR count). The van der Waals surface area contributed by atoms with Gasteiger partial charge in [0.2, 0.25) is 10.0 Å². The van der Waals surface area contributed by atoms with Crippen LogP contribution in [0, 0.1) is 5.82 Å². The molecule has 0 saturated carbocycles. The van der Waals surface area contributed by atoms with Gasteiger partial charge in [0.05, 0.1) is 42.6 Å². The number of carbonyl (C=O) groups excluding carboxylic acids is 2. The molecule has 0 unspecified atom stereocenters. The van der Waals surface area contributed by atoms with Crippen LogP contribution in [0.2, 0.25) is 0 Å². The lowest BCUT2D eigenvalue weighted by Gasteiger charge is -2.38. The molecule has 49 heavy (non-hydrogen) atoms. The highest BCUT2D eigenvalue weighted by Gasteiger charge is 2.29. The molecule has 15 heteroatoms. The fourth-order valence-corrected chi connectivity index (χ4v) is 7.50. The van der Waals surface area contributed by atoms with Crippen molar-refractivity contribution in [2.24, 2.45) is 0 Å². The van der Waals surface area contributed by atoms with Gasteiger partial charge in [0.25, 0.3) is 11.5 Å². The minimum atomic E-state index is -4.00. The molecule has 2 aromatic heterocycles. The molecule has 256 valence electrons. The van der Waals surface area contributed by atoms with Gasteiger partial charge >= 0.3 is 6.03 Å². The predicted octanol–water partition coefficient (Wildman–Crippen LogP) is 4.18. The number of piperazine rings is 1. The van der Waals surface area contributed by atoms with Gasteiger partial charge in [-0.15, -0.1) is 0 Å². The Hall–Kier alpha value is -5.02. The van der Waals surface area contributed by atoms with E-state index in [4.69, 9.17) is 9.15 Å². The van der Waals surface area contributed by atoms with Gasteiger partial charge in [-0.1, -0.05) is 12.1 Å².